The first-order chi connectivity index (χ1) is 11.1. The van der Waals surface area contributed by atoms with Gasteiger partial charge in [0.15, 0.2) is 0 Å². The summed E-state index contributed by atoms with van der Waals surface area (Å²) in [5.41, 5.74) is 7.97. The third-order valence-corrected chi connectivity index (χ3v) is 3.40. The maximum absolute atomic E-state index is 11.8. The molecule has 7 heteroatoms. The molecule has 0 aliphatic heterocycles. The average Bonchev–Trinajstić information content (AvgIpc) is 2.84. The Hall–Kier alpha value is -3.04. The number of halogens is 1. The molecule has 0 spiro atoms. The van der Waals surface area contributed by atoms with Crippen molar-refractivity contribution < 1.29 is 9.53 Å². The third-order valence-electron chi connectivity index (χ3n) is 3.18. The second kappa shape index (κ2) is 5.99. The van der Waals surface area contributed by atoms with Gasteiger partial charge in [-0.3, -0.25) is 9.67 Å². The van der Waals surface area contributed by atoms with Crippen molar-refractivity contribution in [2.45, 2.75) is 0 Å². The highest BCUT2D eigenvalue weighted by Gasteiger charge is 2.11. The summed E-state index contributed by atoms with van der Waals surface area (Å²) in [5.74, 6) is 2.15. The van der Waals surface area contributed by atoms with Crippen LogP contribution < -0.4 is 5.73 Å². The number of carbonyl (C=O) groups excluding carboxylic acids is 1. The van der Waals surface area contributed by atoms with Gasteiger partial charge in [0, 0.05) is 36.1 Å². The fourth-order valence-electron chi connectivity index (χ4n) is 2.13. The van der Waals surface area contributed by atoms with Gasteiger partial charge in [-0.25, -0.2) is 4.79 Å². The number of hydrogen-bond acceptors (Lipinski definition) is 5. The topological polar surface area (TPSA) is 83.0 Å². The Balaban J connectivity index is 1.90. The number of hydrogen-bond donors (Lipinski definition) is 1. The zero-order chi connectivity index (χ0) is 16.4. The highest BCUT2D eigenvalue weighted by Crippen LogP contribution is 2.28. The van der Waals surface area contributed by atoms with E-state index in [0.717, 1.165) is 5.52 Å². The molecule has 0 aliphatic carbocycles. The molecule has 0 radical (unpaired) electrons. The van der Waals surface area contributed by atoms with Crippen LogP contribution in [0.15, 0.2) is 36.7 Å². The number of nitrogens with zero attached hydrogens (tertiary/aromatic N) is 3. The van der Waals surface area contributed by atoms with E-state index in [1.165, 1.54) is 12.4 Å². The quantitative estimate of drug-likeness (QED) is 0.421. The molecule has 0 bridgehead atoms. The van der Waals surface area contributed by atoms with Crippen molar-refractivity contribution in [2.24, 2.45) is 7.05 Å². The number of nitrogens with two attached hydrogens (primary N) is 1. The minimum atomic E-state index is -0.559. The molecule has 0 aliphatic rings. The lowest BCUT2D eigenvalue weighted by molar-refractivity contribution is 0.0690. The molecular formula is C16H11ClN4O2. The summed E-state index contributed by atoms with van der Waals surface area (Å²) in [7, 11) is 1.76. The van der Waals surface area contributed by atoms with Gasteiger partial charge in [-0.1, -0.05) is 11.6 Å². The van der Waals surface area contributed by atoms with Crippen molar-refractivity contribution in [1.29, 1.82) is 0 Å². The number of anilines is 1. The Morgan fingerprint density at radius 2 is 2.09 bits per heavy atom. The molecule has 2 heterocycles. The highest BCUT2D eigenvalue weighted by molar-refractivity contribution is 6.31. The van der Waals surface area contributed by atoms with Gasteiger partial charge in [0.2, 0.25) is 0 Å². The summed E-state index contributed by atoms with van der Waals surface area (Å²) in [6.07, 6.45) is 5.36. The summed E-state index contributed by atoms with van der Waals surface area (Å²) in [6, 6.07) is 6.45. The van der Waals surface area contributed by atoms with Crippen molar-refractivity contribution in [3.8, 4) is 12.0 Å². The molecule has 2 N–H and O–H groups in total. The normalized spacial score (nSPS) is 10.2. The minimum Gasteiger partial charge on any atom is -0.398 e. The van der Waals surface area contributed by atoms with Gasteiger partial charge >= 0.3 is 5.97 Å². The lowest BCUT2D eigenvalue weighted by atomic mass is 10.2. The van der Waals surface area contributed by atoms with Crippen molar-refractivity contribution >= 4 is 34.2 Å². The van der Waals surface area contributed by atoms with Crippen LogP contribution in [0.25, 0.3) is 10.9 Å². The Morgan fingerprint density at radius 3 is 2.83 bits per heavy atom. The van der Waals surface area contributed by atoms with E-state index in [1.54, 1.807) is 36.0 Å². The fraction of sp³-hybridized carbons (Fsp3) is 0.0625. The molecular weight excluding hydrogens is 316 g/mol. The van der Waals surface area contributed by atoms with E-state index in [9.17, 15) is 4.79 Å². The molecule has 0 amide bonds. The summed E-state index contributed by atoms with van der Waals surface area (Å²) in [5, 5.41) is 5.45. The number of fused-ring (bicyclic) bond motifs is 1. The minimum absolute atomic E-state index is 0.367. The number of rotatable bonds is 1. The predicted molar refractivity (Wildman–Crippen MR) is 86.7 cm³/mol. The summed E-state index contributed by atoms with van der Waals surface area (Å²) in [4.78, 5) is 15.6. The van der Waals surface area contributed by atoms with Gasteiger partial charge in [-0.15, -0.1) is 0 Å². The number of esters is 1. The van der Waals surface area contributed by atoms with Gasteiger partial charge in [-0.05, 0) is 24.3 Å². The van der Waals surface area contributed by atoms with Crippen LogP contribution >= 0.6 is 11.6 Å². The maximum atomic E-state index is 11.8. The molecule has 3 aromatic rings. The van der Waals surface area contributed by atoms with Crippen LogP contribution in [0.5, 0.6) is 0 Å². The third kappa shape index (κ3) is 2.96. The van der Waals surface area contributed by atoms with Crippen LogP contribution in [0.1, 0.15) is 16.1 Å². The van der Waals surface area contributed by atoms with E-state index in [-0.39, 0.29) is 0 Å². The molecule has 3 rings (SSSR count). The molecule has 0 atom stereocenters. The standard InChI is InChI=1S/C16H11ClN4O2/c1-21-14-9-11(17)8-12(18)15(14)13(20-21)4-7-23-16(22)10-2-5-19-6-3-10/h2-3,5-6,8-9H,18H2,1H3. The number of nitrogen functional groups attached to an aromatic ring is 1. The van der Waals surface area contributed by atoms with E-state index >= 15 is 0 Å². The van der Waals surface area contributed by atoms with Crippen LogP contribution in [-0.4, -0.2) is 20.7 Å². The monoisotopic (exact) mass is 326 g/mol. The van der Waals surface area contributed by atoms with Gasteiger partial charge in [0.25, 0.3) is 0 Å². The summed E-state index contributed by atoms with van der Waals surface area (Å²) < 4.78 is 6.53. The van der Waals surface area contributed by atoms with Gasteiger partial charge in [0.05, 0.1) is 16.5 Å². The number of aryl methyl sites for hydroxylation is 1. The Morgan fingerprint density at radius 1 is 1.35 bits per heavy atom. The smallest absolute Gasteiger partial charge is 0.352 e. The van der Waals surface area contributed by atoms with E-state index in [4.69, 9.17) is 22.1 Å². The number of ether oxygens (including phenoxy) is 1. The molecule has 23 heavy (non-hydrogen) atoms. The molecule has 0 fully saturated rings. The molecule has 2 aromatic heterocycles. The first-order valence-corrected chi connectivity index (χ1v) is 6.98. The molecule has 1 aromatic carbocycles. The van der Waals surface area contributed by atoms with Gasteiger partial charge in [-0.2, -0.15) is 5.10 Å². The van der Waals surface area contributed by atoms with Crippen LogP contribution in [0.2, 0.25) is 5.02 Å². The van der Waals surface area contributed by atoms with E-state index in [2.05, 4.69) is 22.1 Å². The lowest BCUT2D eigenvalue weighted by Crippen LogP contribution is -2.00. The zero-order valence-corrected chi connectivity index (χ0v) is 12.8. The second-order valence-electron chi connectivity index (χ2n) is 4.71. The van der Waals surface area contributed by atoms with E-state index in [1.807, 2.05) is 0 Å². The second-order valence-corrected chi connectivity index (χ2v) is 5.15. The SMILES string of the molecule is Cn1nc(C#COC(=O)c2ccncc2)c2c(N)cc(Cl)cc21. The Kier molecular flexibility index (Phi) is 3.87. The first kappa shape index (κ1) is 14.9. The van der Waals surface area contributed by atoms with Crippen LogP contribution in [-0.2, 0) is 11.8 Å². The molecule has 6 nitrogen and oxygen atoms in total. The first-order valence-electron chi connectivity index (χ1n) is 6.60. The average molecular weight is 327 g/mol. The number of aromatic nitrogens is 3. The number of pyridine rings is 1. The van der Waals surface area contributed by atoms with Crippen molar-refractivity contribution in [3.05, 3.63) is 52.9 Å². The van der Waals surface area contributed by atoms with Crippen molar-refractivity contribution in [3.63, 3.8) is 0 Å². The van der Waals surface area contributed by atoms with Gasteiger partial charge < -0.3 is 10.5 Å². The number of carbonyl (C=O) groups is 1. The van der Waals surface area contributed by atoms with Crippen LogP contribution in [0.3, 0.4) is 0 Å². The zero-order valence-electron chi connectivity index (χ0n) is 12.1. The Labute approximate surface area is 136 Å². The molecule has 0 unspecified atom stereocenters. The summed E-state index contributed by atoms with van der Waals surface area (Å²) >= 11 is 5.99. The van der Waals surface area contributed by atoms with Crippen LogP contribution in [0.4, 0.5) is 5.69 Å². The highest BCUT2D eigenvalue weighted by atomic mass is 35.5. The van der Waals surface area contributed by atoms with Crippen molar-refractivity contribution in [2.75, 3.05) is 5.73 Å². The van der Waals surface area contributed by atoms with Gasteiger partial charge in [0.1, 0.15) is 11.8 Å². The predicted octanol–water partition coefficient (Wildman–Crippen LogP) is 2.37. The Bertz CT molecular complexity index is 955. The molecule has 114 valence electrons. The van der Waals surface area contributed by atoms with Crippen molar-refractivity contribution in [1.82, 2.24) is 14.8 Å². The number of benzene rings is 1. The fourth-order valence-corrected chi connectivity index (χ4v) is 2.36. The molecule has 0 saturated heterocycles. The summed E-state index contributed by atoms with van der Waals surface area (Å²) in [6.45, 7) is 0. The van der Waals surface area contributed by atoms with E-state index in [0.29, 0.717) is 27.4 Å². The lowest BCUT2D eigenvalue weighted by Gasteiger charge is -1.98. The van der Waals surface area contributed by atoms with E-state index < -0.39 is 5.97 Å². The maximum Gasteiger partial charge on any atom is 0.352 e. The molecule has 0 saturated carbocycles. The largest absolute Gasteiger partial charge is 0.398 e. The van der Waals surface area contributed by atoms with Crippen LogP contribution in [0, 0.1) is 12.0 Å².